The molecule has 0 fully saturated rings. The first-order chi connectivity index (χ1) is 6.74. The molecule has 1 aromatic rings. The van der Waals surface area contributed by atoms with Crippen molar-refractivity contribution in [2.24, 2.45) is 0 Å². The SMILES string of the molecule is C=CCCOc1ccc([C@@H](C)O)cc1. The molecular weight excluding hydrogens is 176 g/mol. The predicted molar refractivity (Wildman–Crippen MR) is 57.4 cm³/mol. The molecule has 0 heterocycles. The van der Waals surface area contributed by atoms with Crippen LogP contribution in [-0.4, -0.2) is 11.7 Å². The van der Waals surface area contributed by atoms with E-state index in [0.29, 0.717) is 6.61 Å². The van der Waals surface area contributed by atoms with E-state index in [1.165, 1.54) is 0 Å². The molecule has 1 atom stereocenters. The lowest BCUT2D eigenvalue weighted by molar-refractivity contribution is 0.199. The molecule has 0 aliphatic rings. The summed E-state index contributed by atoms with van der Waals surface area (Å²) in [7, 11) is 0. The van der Waals surface area contributed by atoms with Crippen LogP contribution in [0.5, 0.6) is 5.75 Å². The van der Waals surface area contributed by atoms with Gasteiger partial charge in [0.15, 0.2) is 0 Å². The Labute approximate surface area is 84.8 Å². The fraction of sp³-hybridized carbons (Fsp3) is 0.333. The fourth-order valence-corrected chi connectivity index (χ4v) is 1.10. The number of aliphatic hydroxyl groups is 1. The Morgan fingerprint density at radius 3 is 2.57 bits per heavy atom. The molecule has 0 unspecified atom stereocenters. The highest BCUT2D eigenvalue weighted by Gasteiger charge is 1.99. The summed E-state index contributed by atoms with van der Waals surface area (Å²) in [6, 6.07) is 7.47. The smallest absolute Gasteiger partial charge is 0.119 e. The van der Waals surface area contributed by atoms with Gasteiger partial charge in [0.1, 0.15) is 5.75 Å². The van der Waals surface area contributed by atoms with Crippen molar-refractivity contribution >= 4 is 0 Å². The second kappa shape index (κ2) is 5.45. The highest BCUT2D eigenvalue weighted by molar-refractivity contribution is 5.28. The minimum Gasteiger partial charge on any atom is -0.493 e. The first-order valence-electron chi connectivity index (χ1n) is 4.75. The molecule has 0 spiro atoms. The van der Waals surface area contributed by atoms with Crippen LogP contribution >= 0.6 is 0 Å². The summed E-state index contributed by atoms with van der Waals surface area (Å²) in [5, 5.41) is 9.27. The van der Waals surface area contributed by atoms with Gasteiger partial charge in [0.2, 0.25) is 0 Å². The first kappa shape index (κ1) is 10.8. The van der Waals surface area contributed by atoms with Crippen LogP contribution in [0.2, 0.25) is 0 Å². The third-order valence-corrected chi connectivity index (χ3v) is 1.95. The molecule has 0 radical (unpaired) electrons. The zero-order chi connectivity index (χ0) is 10.4. The molecule has 0 saturated carbocycles. The Balaban J connectivity index is 2.51. The molecule has 76 valence electrons. The number of aliphatic hydroxyl groups excluding tert-OH is 1. The van der Waals surface area contributed by atoms with Crippen LogP contribution in [0, 0.1) is 0 Å². The van der Waals surface area contributed by atoms with Crippen molar-refractivity contribution in [3.8, 4) is 5.75 Å². The van der Waals surface area contributed by atoms with Gasteiger partial charge < -0.3 is 9.84 Å². The van der Waals surface area contributed by atoms with Gasteiger partial charge in [0.05, 0.1) is 12.7 Å². The predicted octanol–water partition coefficient (Wildman–Crippen LogP) is 2.69. The number of benzene rings is 1. The van der Waals surface area contributed by atoms with Crippen molar-refractivity contribution in [2.45, 2.75) is 19.4 Å². The molecular formula is C12H16O2. The third kappa shape index (κ3) is 3.23. The average Bonchev–Trinajstić information content (AvgIpc) is 2.19. The highest BCUT2D eigenvalue weighted by atomic mass is 16.5. The van der Waals surface area contributed by atoms with Crippen LogP contribution in [0.1, 0.15) is 25.0 Å². The van der Waals surface area contributed by atoms with E-state index in [1.807, 2.05) is 30.3 Å². The molecule has 1 rings (SSSR count). The van der Waals surface area contributed by atoms with E-state index in [4.69, 9.17) is 4.74 Å². The van der Waals surface area contributed by atoms with Crippen molar-refractivity contribution in [2.75, 3.05) is 6.61 Å². The second-order valence-corrected chi connectivity index (χ2v) is 3.17. The molecule has 0 aliphatic heterocycles. The molecule has 14 heavy (non-hydrogen) atoms. The van der Waals surface area contributed by atoms with Gasteiger partial charge >= 0.3 is 0 Å². The Kier molecular flexibility index (Phi) is 4.20. The van der Waals surface area contributed by atoms with Gasteiger partial charge in [0, 0.05) is 0 Å². The second-order valence-electron chi connectivity index (χ2n) is 3.17. The zero-order valence-corrected chi connectivity index (χ0v) is 8.44. The monoisotopic (exact) mass is 192 g/mol. The molecule has 0 aliphatic carbocycles. The molecule has 0 amide bonds. The highest BCUT2D eigenvalue weighted by Crippen LogP contribution is 2.17. The van der Waals surface area contributed by atoms with Crippen molar-refractivity contribution < 1.29 is 9.84 Å². The Hall–Kier alpha value is -1.28. The molecule has 2 nitrogen and oxygen atoms in total. The number of hydrogen-bond acceptors (Lipinski definition) is 2. The largest absolute Gasteiger partial charge is 0.493 e. The van der Waals surface area contributed by atoms with Crippen molar-refractivity contribution in [3.63, 3.8) is 0 Å². The number of ether oxygens (including phenoxy) is 1. The van der Waals surface area contributed by atoms with Gasteiger partial charge in [-0.2, -0.15) is 0 Å². The van der Waals surface area contributed by atoms with Gasteiger partial charge in [-0.05, 0) is 31.0 Å². The van der Waals surface area contributed by atoms with Crippen LogP contribution in [-0.2, 0) is 0 Å². The summed E-state index contributed by atoms with van der Waals surface area (Å²) in [5.41, 5.74) is 0.904. The lowest BCUT2D eigenvalue weighted by atomic mass is 10.1. The first-order valence-corrected chi connectivity index (χ1v) is 4.75. The quantitative estimate of drug-likeness (QED) is 0.574. The van der Waals surface area contributed by atoms with Crippen LogP contribution in [0.15, 0.2) is 36.9 Å². The number of hydrogen-bond donors (Lipinski definition) is 1. The number of rotatable bonds is 5. The lowest BCUT2D eigenvalue weighted by Crippen LogP contribution is -1.96. The van der Waals surface area contributed by atoms with E-state index in [9.17, 15) is 5.11 Å². The maximum Gasteiger partial charge on any atom is 0.119 e. The van der Waals surface area contributed by atoms with E-state index in [0.717, 1.165) is 17.7 Å². The van der Waals surface area contributed by atoms with E-state index < -0.39 is 6.10 Å². The lowest BCUT2D eigenvalue weighted by Gasteiger charge is -2.07. The summed E-state index contributed by atoms with van der Waals surface area (Å²) in [5.74, 6) is 0.830. The van der Waals surface area contributed by atoms with E-state index in [1.54, 1.807) is 6.92 Å². The van der Waals surface area contributed by atoms with E-state index >= 15 is 0 Å². The summed E-state index contributed by atoms with van der Waals surface area (Å²) >= 11 is 0. The normalized spacial score (nSPS) is 12.1. The van der Waals surface area contributed by atoms with Gasteiger partial charge in [-0.15, -0.1) is 6.58 Å². The van der Waals surface area contributed by atoms with Crippen molar-refractivity contribution in [1.82, 2.24) is 0 Å². The maximum atomic E-state index is 9.27. The van der Waals surface area contributed by atoms with Crippen LogP contribution in [0.3, 0.4) is 0 Å². The van der Waals surface area contributed by atoms with Crippen molar-refractivity contribution in [1.29, 1.82) is 0 Å². The Bertz CT molecular complexity index is 275. The topological polar surface area (TPSA) is 29.5 Å². The summed E-state index contributed by atoms with van der Waals surface area (Å²) < 4.78 is 5.43. The Morgan fingerprint density at radius 1 is 1.43 bits per heavy atom. The maximum absolute atomic E-state index is 9.27. The van der Waals surface area contributed by atoms with E-state index in [-0.39, 0.29) is 0 Å². The Morgan fingerprint density at radius 2 is 2.07 bits per heavy atom. The molecule has 1 N–H and O–H groups in total. The van der Waals surface area contributed by atoms with Crippen molar-refractivity contribution in [3.05, 3.63) is 42.5 Å². The molecule has 2 heteroatoms. The van der Waals surface area contributed by atoms with Crippen LogP contribution < -0.4 is 4.74 Å². The average molecular weight is 192 g/mol. The van der Waals surface area contributed by atoms with E-state index in [2.05, 4.69) is 6.58 Å². The summed E-state index contributed by atoms with van der Waals surface area (Å²) in [6.45, 7) is 6.01. The van der Waals surface area contributed by atoms with Gasteiger partial charge in [0.25, 0.3) is 0 Å². The minimum atomic E-state index is -0.419. The molecule has 0 bridgehead atoms. The molecule has 1 aromatic carbocycles. The van der Waals surface area contributed by atoms with Gasteiger partial charge in [-0.3, -0.25) is 0 Å². The van der Waals surface area contributed by atoms with Gasteiger partial charge in [-0.1, -0.05) is 18.2 Å². The molecule has 0 saturated heterocycles. The summed E-state index contributed by atoms with van der Waals surface area (Å²) in [4.78, 5) is 0. The van der Waals surface area contributed by atoms with Crippen LogP contribution in [0.25, 0.3) is 0 Å². The van der Waals surface area contributed by atoms with Crippen LogP contribution in [0.4, 0.5) is 0 Å². The van der Waals surface area contributed by atoms with Gasteiger partial charge in [-0.25, -0.2) is 0 Å². The standard InChI is InChI=1S/C12H16O2/c1-3-4-9-14-12-7-5-11(6-8-12)10(2)13/h3,5-8,10,13H,1,4,9H2,2H3/t10-/m1/s1. The third-order valence-electron chi connectivity index (χ3n) is 1.95. The minimum absolute atomic E-state index is 0.419. The molecule has 0 aromatic heterocycles. The fourth-order valence-electron chi connectivity index (χ4n) is 1.10. The summed E-state index contributed by atoms with van der Waals surface area (Å²) in [6.07, 6.45) is 2.25. The zero-order valence-electron chi connectivity index (χ0n) is 8.44.